The smallest absolute Gasteiger partial charge is 0.271 e. The molecular weight excluding hydrogens is 438 g/mol. The molecule has 2 atom stereocenters. The quantitative estimate of drug-likeness (QED) is 0.580. The van der Waals surface area contributed by atoms with E-state index in [9.17, 15) is 4.79 Å². The Kier molecular flexibility index (Phi) is 7.20. The lowest BCUT2D eigenvalue weighted by Crippen LogP contribution is -2.50. The highest BCUT2D eigenvalue weighted by Crippen LogP contribution is 2.33. The summed E-state index contributed by atoms with van der Waals surface area (Å²) in [6.07, 6.45) is 11.6. The second kappa shape index (κ2) is 10.5. The van der Waals surface area contributed by atoms with Gasteiger partial charge < -0.3 is 26.6 Å². The predicted octanol–water partition coefficient (Wildman–Crippen LogP) is 3.76. The van der Waals surface area contributed by atoms with E-state index in [0.29, 0.717) is 17.6 Å². The first kappa shape index (κ1) is 24.0. The SMILES string of the molecule is CC1C(N)CCCN1c1cnc(C(N)=O)c(Nc2ccc(C3CCN(C4CCCC4)CC3)cc2)n1. The summed E-state index contributed by atoms with van der Waals surface area (Å²) in [5, 5.41) is 3.29. The van der Waals surface area contributed by atoms with Gasteiger partial charge in [0.2, 0.25) is 0 Å². The largest absolute Gasteiger partial charge is 0.364 e. The number of nitrogens with two attached hydrogens (primary N) is 2. The fraction of sp³-hybridized carbons (Fsp3) is 0.593. The summed E-state index contributed by atoms with van der Waals surface area (Å²) >= 11 is 0. The zero-order chi connectivity index (χ0) is 24.4. The second-order valence-electron chi connectivity index (χ2n) is 10.5. The zero-order valence-electron chi connectivity index (χ0n) is 20.8. The molecule has 35 heavy (non-hydrogen) atoms. The summed E-state index contributed by atoms with van der Waals surface area (Å²) in [5.41, 5.74) is 14.3. The molecule has 5 rings (SSSR count). The third-order valence-electron chi connectivity index (χ3n) is 8.35. The highest BCUT2D eigenvalue weighted by molar-refractivity contribution is 5.96. The number of aromatic nitrogens is 2. The van der Waals surface area contributed by atoms with E-state index in [1.54, 1.807) is 6.20 Å². The van der Waals surface area contributed by atoms with Crippen molar-refractivity contribution in [2.45, 2.75) is 82.3 Å². The minimum absolute atomic E-state index is 0.0929. The number of rotatable bonds is 6. The van der Waals surface area contributed by atoms with E-state index in [1.165, 1.54) is 57.2 Å². The normalized spacial score (nSPS) is 24.6. The van der Waals surface area contributed by atoms with Crippen LogP contribution in [0.5, 0.6) is 0 Å². The molecule has 1 amide bonds. The number of nitrogens with one attached hydrogen (secondary N) is 1. The second-order valence-corrected chi connectivity index (χ2v) is 10.5. The molecule has 8 nitrogen and oxygen atoms in total. The first-order chi connectivity index (χ1) is 17.0. The van der Waals surface area contributed by atoms with Crippen molar-refractivity contribution in [1.82, 2.24) is 14.9 Å². The van der Waals surface area contributed by atoms with Crippen LogP contribution in [0.4, 0.5) is 17.3 Å². The Morgan fingerprint density at radius 1 is 1.00 bits per heavy atom. The van der Waals surface area contributed by atoms with Crippen molar-refractivity contribution in [3.8, 4) is 0 Å². The number of carbonyl (C=O) groups is 1. The van der Waals surface area contributed by atoms with E-state index >= 15 is 0 Å². The average molecular weight is 478 g/mol. The molecule has 2 aromatic rings. The summed E-state index contributed by atoms with van der Waals surface area (Å²) in [6.45, 7) is 5.39. The van der Waals surface area contributed by atoms with Crippen LogP contribution in [0.2, 0.25) is 0 Å². The number of anilines is 3. The van der Waals surface area contributed by atoms with Gasteiger partial charge in [-0.05, 0) is 82.2 Å². The standard InChI is InChI=1S/C27H39N7O/c1-18-23(28)7-4-14-34(18)24-17-30-25(26(29)35)27(32-24)31-21-10-8-19(9-11-21)20-12-15-33(16-13-20)22-5-2-3-6-22/h8-11,17-18,20,22-23H,2-7,12-16,28H2,1H3,(H2,29,35)(H,31,32). The van der Waals surface area contributed by atoms with Gasteiger partial charge in [0.25, 0.3) is 5.91 Å². The summed E-state index contributed by atoms with van der Waals surface area (Å²) in [7, 11) is 0. The maximum Gasteiger partial charge on any atom is 0.271 e. The van der Waals surface area contributed by atoms with Crippen LogP contribution in [0.3, 0.4) is 0 Å². The number of likely N-dealkylation sites (tertiary alicyclic amines) is 1. The maximum absolute atomic E-state index is 12.0. The van der Waals surface area contributed by atoms with Crippen molar-refractivity contribution < 1.29 is 4.79 Å². The number of amides is 1. The number of benzene rings is 1. The highest BCUT2D eigenvalue weighted by atomic mass is 16.1. The zero-order valence-corrected chi connectivity index (χ0v) is 20.8. The lowest BCUT2D eigenvalue weighted by Gasteiger charge is -2.38. The van der Waals surface area contributed by atoms with E-state index in [4.69, 9.17) is 16.5 Å². The van der Waals surface area contributed by atoms with Gasteiger partial charge in [0, 0.05) is 30.4 Å². The fourth-order valence-corrected chi connectivity index (χ4v) is 6.12. The molecule has 3 fully saturated rings. The minimum atomic E-state index is -0.597. The molecule has 1 aromatic carbocycles. The highest BCUT2D eigenvalue weighted by Gasteiger charge is 2.29. The van der Waals surface area contributed by atoms with Crippen molar-refractivity contribution in [3.05, 3.63) is 41.7 Å². The molecule has 2 unspecified atom stereocenters. The van der Waals surface area contributed by atoms with Crippen LogP contribution < -0.4 is 21.7 Å². The van der Waals surface area contributed by atoms with E-state index in [0.717, 1.165) is 31.1 Å². The lowest BCUT2D eigenvalue weighted by molar-refractivity contribution is 0.0996. The van der Waals surface area contributed by atoms with Gasteiger partial charge >= 0.3 is 0 Å². The first-order valence-corrected chi connectivity index (χ1v) is 13.3. The molecule has 2 aliphatic heterocycles. The summed E-state index contributed by atoms with van der Waals surface area (Å²) < 4.78 is 0. The molecule has 5 N–H and O–H groups in total. The average Bonchev–Trinajstić information content (AvgIpc) is 3.41. The third-order valence-corrected chi connectivity index (χ3v) is 8.35. The Morgan fingerprint density at radius 2 is 1.71 bits per heavy atom. The Morgan fingerprint density at radius 3 is 2.40 bits per heavy atom. The van der Waals surface area contributed by atoms with Gasteiger partial charge in [-0.3, -0.25) is 4.79 Å². The minimum Gasteiger partial charge on any atom is -0.364 e. The Hall–Kier alpha value is -2.71. The van der Waals surface area contributed by atoms with Crippen molar-refractivity contribution in [1.29, 1.82) is 0 Å². The van der Waals surface area contributed by atoms with Crippen LogP contribution in [0.25, 0.3) is 0 Å². The predicted molar refractivity (Wildman–Crippen MR) is 140 cm³/mol. The van der Waals surface area contributed by atoms with Gasteiger partial charge in [-0.15, -0.1) is 0 Å². The topological polar surface area (TPSA) is 113 Å². The third kappa shape index (κ3) is 5.28. The van der Waals surface area contributed by atoms with E-state index in [2.05, 4.69) is 51.3 Å². The van der Waals surface area contributed by atoms with Crippen LogP contribution in [-0.4, -0.2) is 58.5 Å². The Labute approximate surface area is 208 Å². The van der Waals surface area contributed by atoms with Crippen molar-refractivity contribution in [3.63, 3.8) is 0 Å². The Bertz CT molecular complexity index is 1010. The van der Waals surface area contributed by atoms with Gasteiger partial charge in [0.1, 0.15) is 5.82 Å². The molecule has 1 aliphatic carbocycles. The molecule has 0 radical (unpaired) electrons. The van der Waals surface area contributed by atoms with Crippen LogP contribution in [0.15, 0.2) is 30.5 Å². The molecule has 0 bridgehead atoms. The monoisotopic (exact) mass is 477 g/mol. The van der Waals surface area contributed by atoms with Crippen LogP contribution in [0, 0.1) is 0 Å². The molecule has 3 heterocycles. The van der Waals surface area contributed by atoms with E-state index in [1.807, 2.05) is 0 Å². The molecule has 188 valence electrons. The maximum atomic E-state index is 12.0. The number of hydrogen-bond acceptors (Lipinski definition) is 7. The van der Waals surface area contributed by atoms with Crippen LogP contribution in [-0.2, 0) is 0 Å². The molecular formula is C27H39N7O. The summed E-state index contributed by atoms with van der Waals surface area (Å²) in [5.74, 6) is 1.11. The van der Waals surface area contributed by atoms with E-state index in [-0.39, 0.29) is 17.8 Å². The number of piperidine rings is 2. The molecule has 3 aliphatic rings. The van der Waals surface area contributed by atoms with Gasteiger partial charge in [0.15, 0.2) is 11.5 Å². The first-order valence-electron chi connectivity index (χ1n) is 13.3. The summed E-state index contributed by atoms with van der Waals surface area (Å²) in [4.78, 5) is 26.0. The lowest BCUT2D eigenvalue weighted by atomic mass is 9.88. The molecule has 2 saturated heterocycles. The van der Waals surface area contributed by atoms with Gasteiger partial charge in [-0.2, -0.15) is 0 Å². The van der Waals surface area contributed by atoms with Crippen molar-refractivity contribution in [2.24, 2.45) is 11.5 Å². The molecule has 1 saturated carbocycles. The Balaban J connectivity index is 1.27. The van der Waals surface area contributed by atoms with Crippen LogP contribution in [0.1, 0.15) is 80.3 Å². The number of carbonyl (C=O) groups excluding carboxylic acids is 1. The number of primary amides is 1. The van der Waals surface area contributed by atoms with Gasteiger partial charge in [-0.1, -0.05) is 25.0 Å². The molecule has 8 heteroatoms. The summed E-state index contributed by atoms with van der Waals surface area (Å²) in [6, 6.07) is 9.60. The molecule has 1 aromatic heterocycles. The molecule has 0 spiro atoms. The number of nitrogens with zero attached hydrogens (tertiary/aromatic N) is 4. The van der Waals surface area contributed by atoms with Crippen molar-refractivity contribution in [2.75, 3.05) is 29.9 Å². The van der Waals surface area contributed by atoms with E-state index < -0.39 is 5.91 Å². The van der Waals surface area contributed by atoms with Gasteiger partial charge in [-0.25, -0.2) is 9.97 Å². The number of hydrogen-bond donors (Lipinski definition) is 3. The van der Waals surface area contributed by atoms with Crippen LogP contribution >= 0.6 is 0 Å². The van der Waals surface area contributed by atoms with Crippen molar-refractivity contribution >= 4 is 23.2 Å². The fourth-order valence-electron chi connectivity index (χ4n) is 6.12. The van der Waals surface area contributed by atoms with Gasteiger partial charge in [0.05, 0.1) is 6.20 Å².